The molecule has 5 nitrogen and oxygen atoms in total. The number of ether oxygens (including phenoxy) is 2. The van der Waals surface area contributed by atoms with Crippen molar-refractivity contribution in [1.82, 2.24) is 0 Å². The monoisotopic (exact) mass is 362 g/mol. The molecule has 144 valence electrons. The summed E-state index contributed by atoms with van der Waals surface area (Å²) in [5.74, 6) is -0.241. The molecular weight excluding hydrogens is 332 g/mol. The lowest BCUT2D eigenvalue weighted by molar-refractivity contribution is -0.135. The molecule has 1 aromatic rings. The van der Waals surface area contributed by atoms with Gasteiger partial charge in [-0.25, -0.2) is 0 Å². The zero-order valence-electron chi connectivity index (χ0n) is 15.9. The van der Waals surface area contributed by atoms with Crippen molar-refractivity contribution in [2.24, 2.45) is 0 Å². The van der Waals surface area contributed by atoms with Gasteiger partial charge in [0.15, 0.2) is 0 Å². The molecule has 0 atom stereocenters. The second-order valence-electron chi connectivity index (χ2n) is 6.43. The van der Waals surface area contributed by atoms with E-state index in [1.807, 2.05) is 0 Å². The van der Waals surface area contributed by atoms with E-state index in [0.29, 0.717) is 24.7 Å². The Balaban J connectivity index is 2.59. The fraction of sp³-hybridized carbons (Fsp3) is 0.571. The second kappa shape index (κ2) is 13.1. The number of esters is 2. The van der Waals surface area contributed by atoms with Crippen LogP contribution in [-0.2, 0) is 9.59 Å². The van der Waals surface area contributed by atoms with Gasteiger partial charge in [0, 0.05) is 24.5 Å². The molecule has 0 bridgehead atoms. The molecule has 0 saturated heterocycles. The average Bonchev–Trinajstić information content (AvgIpc) is 2.62. The van der Waals surface area contributed by atoms with Gasteiger partial charge in [-0.05, 0) is 25.0 Å². The quantitative estimate of drug-likeness (QED) is 0.207. The van der Waals surface area contributed by atoms with E-state index in [-0.39, 0.29) is 23.4 Å². The van der Waals surface area contributed by atoms with Crippen LogP contribution in [0.1, 0.15) is 88.4 Å². The molecule has 0 aliphatic rings. The zero-order valence-corrected chi connectivity index (χ0v) is 15.9. The number of unbranched alkanes of at least 4 members (excludes halogenated alkanes) is 6. The second-order valence-corrected chi connectivity index (χ2v) is 6.43. The number of carbonyl (C=O) groups excluding carboxylic acids is 3. The van der Waals surface area contributed by atoms with Crippen LogP contribution in [0.3, 0.4) is 0 Å². The fourth-order valence-corrected chi connectivity index (χ4v) is 2.54. The minimum Gasteiger partial charge on any atom is -0.426 e. The fourth-order valence-electron chi connectivity index (χ4n) is 2.54. The van der Waals surface area contributed by atoms with Gasteiger partial charge in [-0.15, -0.1) is 0 Å². The molecule has 0 amide bonds. The maximum atomic E-state index is 11.9. The van der Waals surface area contributed by atoms with Crippen molar-refractivity contribution in [2.45, 2.75) is 78.1 Å². The van der Waals surface area contributed by atoms with E-state index in [2.05, 4.69) is 13.8 Å². The molecule has 0 aromatic heterocycles. The minimum absolute atomic E-state index is 0.226. The first-order valence-electron chi connectivity index (χ1n) is 9.60. The van der Waals surface area contributed by atoms with Gasteiger partial charge < -0.3 is 9.47 Å². The third-order valence-corrected chi connectivity index (χ3v) is 3.97. The van der Waals surface area contributed by atoms with E-state index in [1.165, 1.54) is 18.2 Å². The normalized spacial score (nSPS) is 10.4. The lowest BCUT2D eigenvalue weighted by Gasteiger charge is -2.09. The molecule has 0 heterocycles. The summed E-state index contributed by atoms with van der Waals surface area (Å²) in [4.78, 5) is 34.9. The molecule has 0 fully saturated rings. The summed E-state index contributed by atoms with van der Waals surface area (Å²) in [6.45, 7) is 4.21. The summed E-state index contributed by atoms with van der Waals surface area (Å²) >= 11 is 0. The number of aldehydes is 1. The summed E-state index contributed by atoms with van der Waals surface area (Å²) in [5, 5.41) is 0. The molecule has 1 rings (SSSR count). The molecule has 26 heavy (non-hydrogen) atoms. The van der Waals surface area contributed by atoms with Gasteiger partial charge in [0.1, 0.15) is 17.8 Å². The molecule has 5 heteroatoms. The molecule has 0 aliphatic heterocycles. The summed E-state index contributed by atoms with van der Waals surface area (Å²) < 4.78 is 10.6. The van der Waals surface area contributed by atoms with Gasteiger partial charge in [-0.2, -0.15) is 0 Å². The Kier molecular flexibility index (Phi) is 11.0. The van der Waals surface area contributed by atoms with Gasteiger partial charge in [-0.1, -0.05) is 52.4 Å². The highest BCUT2D eigenvalue weighted by Gasteiger charge is 2.11. The summed E-state index contributed by atoms with van der Waals surface area (Å²) in [6.07, 6.45) is 9.21. The van der Waals surface area contributed by atoms with E-state index >= 15 is 0 Å². The van der Waals surface area contributed by atoms with E-state index in [4.69, 9.17) is 9.47 Å². The maximum absolute atomic E-state index is 11.9. The van der Waals surface area contributed by atoms with Crippen LogP contribution in [0.2, 0.25) is 0 Å². The summed E-state index contributed by atoms with van der Waals surface area (Å²) in [5.41, 5.74) is 0.301. The predicted octanol–water partition coefficient (Wildman–Crippen LogP) is 5.25. The summed E-state index contributed by atoms with van der Waals surface area (Å²) in [7, 11) is 0. The lowest BCUT2D eigenvalue weighted by atomic mass is 10.1. The zero-order chi connectivity index (χ0) is 19.2. The van der Waals surface area contributed by atoms with E-state index in [1.54, 1.807) is 0 Å². The SMILES string of the molecule is CCCCCCC(=O)Oc1cc(C=O)cc(OC(=O)CCCCCC)c1. The molecular formula is C21H30O5. The van der Waals surface area contributed by atoms with Crippen LogP contribution in [0, 0.1) is 0 Å². The maximum Gasteiger partial charge on any atom is 0.311 e. The van der Waals surface area contributed by atoms with Crippen molar-refractivity contribution in [2.75, 3.05) is 0 Å². The van der Waals surface area contributed by atoms with Crippen LogP contribution in [-0.4, -0.2) is 18.2 Å². The molecule has 0 unspecified atom stereocenters. The summed E-state index contributed by atoms with van der Waals surface area (Å²) in [6, 6.07) is 4.41. The van der Waals surface area contributed by atoms with Crippen LogP contribution < -0.4 is 9.47 Å². The third-order valence-electron chi connectivity index (χ3n) is 3.97. The first-order chi connectivity index (χ1) is 12.6. The first kappa shape index (κ1) is 21.9. The minimum atomic E-state index is -0.346. The van der Waals surface area contributed by atoms with E-state index < -0.39 is 0 Å². The Morgan fingerprint density at radius 2 is 1.23 bits per heavy atom. The standard InChI is InChI=1S/C21H30O5/c1-3-5-7-9-11-20(23)25-18-13-17(16-22)14-19(15-18)26-21(24)12-10-8-6-4-2/h13-16H,3-12H2,1-2H3. The molecule has 1 aromatic carbocycles. The van der Waals surface area contributed by atoms with E-state index in [0.717, 1.165) is 51.4 Å². The van der Waals surface area contributed by atoms with Gasteiger partial charge in [0.2, 0.25) is 0 Å². The molecule has 0 N–H and O–H groups in total. The Hall–Kier alpha value is -2.17. The Morgan fingerprint density at radius 3 is 1.62 bits per heavy atom. The average molecular weight is 362 g/mol. The topological polar surface area (TPSA) is 69.7 Å². The van der Waals surface area contributed by atoms with Gasteiger partial charge in [0.05, 0.1) is 0 Å². The highest BCUT2D eigenvalue weighted by Crippen LogP contribution is 2.23. The number of carbonyl (C=O) groups is 3. The largest absolute Gasteiger partial charge is 0.426 e. The Bertz CT molecular complexity index is 536. The Labute approximate surface area is 156 Å². The molecule has 0 spiro atoms. The van der Waals surface area contributed by atoms with E-state index in [9.17, 15) is 14.4 Å². The van der Waals surface area contributed by atoms with Crippen LogP contribution in [0.15, 0.2) is 18.2 Å². The van der Waals surface area contributed by atoms with Crippen molar-refractivity contribution in [3.63, 3.8) is 0 Å². The highest BCUT2D eigenvalue weighted by atomic mass is 16.5. The molecule has 0 aliphatic carbocycles. The highest BCUT2D eigenvalue weighted by molar-refractivity contribution is 5.79. The van der Waals surface area contributed by atoms with Gasteiger partial charge in [0.25, 0.3) is 0 Å². The van der Waals surface area contributed by atoms with Crippen LogP contribution in [0.5, 0.6) is 11.5 Å². The van der Waals surface area contributed by atoms with Crippen molar-refractivity contribution < 1.29 is 23.9 Å². The first-order valence-corrected chi connectivity index (χ1v) is 9.60. The van der Waals surface area contributed by atoms with Crippen molar-refractivity contribution in [3.8, 4) is 11.5 Å². The molecule has 0 saturated carbocycles. The van der Waals surface area contributed by atoms with Crippen LogP contribution >= 0.6 is 0 Å². The third kappa shape index (κ3) is 9.35. The van der Waals surface area contributed by atoms with Crippen molar-refractivity contribution >= 4 is 18.2 Å². The van der Waals surface area contributed by atoms with Gasteiger partial charge in [-0.3, -0.25) is 14.4 Å². The predicted molar refractivity (Wildman–Crippen MR) is 101 cm³/mol. The number of rotatable bonds is 13. The number of hydrogen-bond acceptors (Lipinski definition) is 5. The van der Waals surface area contributed by atoms with Crippen LogP contribution in [0.4, 0.5) is 0 Å². The van der Waals surface area contributed by atoms with Crippen LogP contribution in [0.25, 0.3) is 0 Å². The van der Waals surface area contributed by atoms with Gasteiger partial charge >= 0.3 is 11.9 Å². The number of benzene rings is 1. The lowest BCUT2D eigenvalue weighted by Crippen LogP contribution is -2.10. The Morgan fingerprint density at radius 1 is 0.769 bits per heavy atom. The smallest absolute Gasteiger partial charge is 0.311 e. The number of hydrogen-bond donors (Lipinski definition) is 0. The van der Waals surface area contributed by atoms with Crippen molar-refractivity contribution in [3.05, 3.63) is 23.8 Å². The van der Waals surface area contributed by atoms with Crippen molar-refractivity contribution in [1.29, 1.82) is 0 Å². The molecule has 0 radical (unpaired) electrons.